The lowest BCUT2D eigenvalue weighted by Gasteiger charge is -2.35. The minimum absolute atomic E-state index is 0.406. The maximum Gasteiger partial charge on any atom is 0.278 e. The molecular formula is C10H20F2O3. The van der Waals surface area contributed by atoms with E-state index in [0.29, 0.717) is 6.61 Å². The highest BCUT2D eigenvalue weighted by Gasteiger charge is 2.48. The fraction of sp³-hybridized carbons (Fsp3) is 1.00. The van der Waals surface area contributed by atoms with Crippen LogP contribution in [0.25, 0.3) is 0 Å². The van der Waals surface area contributed by atoms with E-state index in [-0.39, 0.29) is 0 Å². The van der Waals surface area contributed by atoms with Crippen LogP contribution in [0.1, 0.15) is 34.1 Å². The molecule has 0 saturated heterocycles. The monoisotopic (exact) mass is 226 g/mol. The first-order valence-electron chi connectivity index (χ1n) is 5.05. The summed E-state index contributed by atoms with van der Waals surface area (Å²) in [6, 6.07) is 0. The van der Waals surface area contributed by atoms with Gasteiger partial charge in [0.25, 0.3) is 5.92 Å². The van der Waals surface area contributed by atoms with Crippen LogP contribution in [-0.2, 0) is 9.47 Å². The van der Waals surface area contributed by atoms with Gasteiger partial charge in [0.05, 0.1) is 0 Å². The molecule has 5 heteroatoms. The highest BCUT2D eigenvalue weighted by atomic mass is 19.3. The lowest BCUT2D eigenvalue weighted by Crippen LogP contribution is -2.48. The maximum atomic E-state index is 13.5. The summed E-state index contributed by atoms with van der Waals surface area (Å²) in [6.45, 7) is 5.75. The third kappa shape index (κ3) is 4.40. The van der Waals surface area contributed by atoms with Crippen molar-refractivity contribution in [2.75, 3.05) is 13.2 Å². The van der Waals surface area contributed by atoms with Gasteiger partial charge in [0.1, 0.15) is 5.60 Å². The van der Waals surface area contributed by atoms with Crippen LogP contribution < -0.4 is 0 Å². The summed E-state index contributed by atoms with van der Waals surface area (Å²) in [5.74, 6) is -3.08. The number of rotatable bonds is 7. The van der Waals surface area contributed by atoms with Crippen LogP contribution in [-0.4, -0.2) is 36.1 Å². The fourth-order valence-electron chi connectivity index (χ4n) is 1.21. The zero-order chi connectivity index (χ0) is 12.1. The predicted octanol–water partition coefficient (Wildman–Crippen LogP) is 2.18. The van der Waals surface area contributed by atoms with Gasteiger partial charge in [0.2, 0.25) is 0 Å². The first-order valence-corrected chi connectivity index (χ1v) is 5.05. The molecule has 92 valence electrons. The summed E-state index contributed by atoms with van der Waals surface area (Å²) in [5.41, 5.74) is -1.65. The van der Waals surface area contributed by atoms with Crippen molar-refractivity contribution in [1.29, 1.82) is 0 Å². The Kier molecular flexibility index (Phi) is 5.62. The molecule has 1 atom stereocenters. The second-order valence-corrected chi connectivity index (χ2v) is 3.83. The maximum absolute atomic E-state index is 13.5. The lowest BCUT2D eigenvalue weighted by molar-refractivity contribution is -0.265. The number of halogens is 2. The summed E-state index contributed by atoms with van der Waals surface area (Å²) >= 11 is 0. The van der Waals surface area contributed by atoms with E-state index in [2.05, 4.69) is 0 Å². The number of alkyl halides is 2. The van der Waals surface area contributed by atoms with E-state index in [0.717, 1.165) is 0 Å². The van der Waals surface area contributed by atoms with E-state index in [4.69, 9.17) is 14.6 Å². The molecule has 0 spiro atoms. The van der Waals surface area contributed by atoms with Gasteiger partial charge in [0.15, 0.2) is 6.29 Å². The zero-order valence-electron chi connectivity index (χ0n) is 9.72. The van der Waals surface area contributed by atoms with E-state index >= 15 is 0 Å². The van der Waals surface area contributed by atoms with Crippen LogP contribution in [0.5, 0.6) is 0 Å². The Balaban J connectivity index is 4.38. The molecule has 0 radical (unpaired) electrons. The van der Waals surface area contributed by atoms with Crippen LogP contribution in [0.3, 0.4) is 0 Å². The molecule has 1 N–H and O–H groups in total. The standard InChI is InChI=1S/C10H20F2O3/c1-5-14-8(2)15-9(3,4)10(11,12)6-7-13/h8,13H,5-7H2,1-4H3. The molecule has 0 aliphatic heterocycles. The Morgan fingerprint density at radius 2 is 1.87 bits per heavy atom. The number of hydrogen-bond donors (Lipinski definition) is 1. The second-order valence-electron chi connectivity index (χ2n) is 3.83. The molecule has 0 saturated carbocycles. The molecule has 0 amide bonds. The number of ether oxygens (including phenoxy) is 2. The molecule has 0 fully saturated rings. The molecule has 0 bridgehead atoms. The van der Waals surface area contributed by atoms with Gasteiger partial charge in [-0.05, 0) is 27.7 Å². The minimum atomic E-state index is -3.08. The van der Waals surface area contributed by atoms with Crippen molar-refractivity contribution in [3.05, 3.63) is 0 Å². The predicted molar refractivity (Wildman–Crippen MR) is 52.9 cm³/mol. The first-order chi connectivity index (χ1) is 6.77. The summed E-state index contributed by atoms with van der Waals surface area (Å²) in [7, 11) is 0. The van der Waals surface area contributed by atoms with Gasteiger partial charge < -0.3 is 14.6 Å². The molecule has 0 rings (SSSR count). The Morgan fingerprint density at radius 1 is 1.33 bits per heavy atom. The Morgan fingerprint density at radius 3 is 2.27 bits per heavy atom. The second kappa shape index (κ2) is 5.72. The fourth-order valence-corrected chi connectivity index (χ4v) is 1.21. The third-order valence-corrected chi connectivity index (χ3v) is 2.17. The molecule has 3 nitrogen and oxygen atoms in total. The Bertz CT molecular complexity index is 184. The van der Waals surface area contributed by atoms with Gasteiger partial charge in [-0.25, -0.2) is 8.78 Å². The summed E-state index contributed by atoms with van der Waals surface area (Å²) < 4.78 is 37.1. The van der Waals surface area contributed by atoms with Crippen molar-refractivity contribution >= 4 is 0 Å². The highest BCUT2D eigenvalue weighted by molar-refractivity contribution is 4.87. The van der Waals surface area contributed by atoms with Gasteiger partial charge in [-0.3, -0.25) is 0 Å². The van der Waals surface area contributed by atoms with Crippen LogP contribution in [0, 0.1) is 0 Å². The van der Waals surface area contributed by atoms with Crippen LogP contribution in [0.4, 0.5) is 8.78 Å². The van der Waals surface area contributed by atoms with Crippen molar-refractivity contribution in [3.8, 4) is 0 Å². The first kappa shape index (κ1) is 14.7. The van der Waals surface area contributed by atoms with E-state index in [1.54, 1.807) is 13.8 Å². The zero-order valence-corrected chi connectivity index (χ0v) is 9.72. The summed E-state index contributed by atoms with van der Waals surface area (Å²) in [4.78, 5) is 0. The average Bonchev–Trinajstić information content (AvgIpc) is 2.02. The van der Waals surface area contributed by atoms with Crippen molar-refractivity contribution in [1.82, 2.24) is 0 Å². The van der Waals surface area contributed by atoms with Crippen molar-refractivity contribution in [2.24, 2.45) is 0 Å². The van der Waals surface area contributed by atoms with Gasteiger partial charge in [-0.2, -0.15) is 0 Å². The SMILES string of the molecule is CCOC(C)OC(C)(C)C(F)(F)CCO. The number of hydrogen-bond acceptors (Lipinski definition) is 3. The number of aliphatic hydroxyl groups is 1. The molecule has 0 aliphatic carbocycles. The summed E-state index contributed by atoms with van der Waals surface area (Å²) in [6.07, 6.45) is -1.30. The molecule has 0 aromatic carbocycles. The smallest absolute Gasteiger partial charge is 0.278 e. The Labute approximate surface area is 89.4 Å². The normalized spacial score (nSPS) is 15.4. The van der Waals surface area contributed by atoms with Gasteiger partial charge >= 0.3 is 0 Å². The van der Waals surface area contributed by atoms with Crippen molar-refractivity contribution in [2.45, 2.75) is 51.9 Å². The third-order valence-electron chi connectivity index (χ3n) is 2.17. The van der Waals surface area contributed by atoms with E-state index in [1.807, 2.05) is 0 Å². The van der Waals surface area contributed by atoms with Crippen LogP contribution in [0.2, 0.25) is 0 Å². The summed E-state index contributed by atoms with van der Waals surface area (Å²) in [5, 5.41) is 8.54. The molecule has 0 aliphatic rings. The van der Waals surface area contributed by atoms with Crippen molar-refractivity contribution in [3.63, 3.8) is 0 Å². The number of aliphatic hydroxyl groups excluding tert-OH is 1. The average molecular weight is 226 g/mol. The topological polar surface area (TPSA) is 38.7 Å². The van der Waals surface area contributed by atoms with E-state index < -0.39 is 30.8 Å². The molecule has 1 unspecified atom stereocenters. The largest absolute Gasteiger partial charge is 0.396 e. The quantitative estimate of drug-likeness (QED) is 0.676. The molecule has 0 heterocycles. The molecule has 0 aromatic rings. The van der Waals surface area contributed by atoms with E-state index in [1.165, 1.54) is 13.8 Å². The minimum Gasteiger partial charge on any atom is -0.396 e. The lowest BCUT2D eigenvalue weighted by atomic mass is 9.97. The van der Waals surface area contributed by atoms with Gasteiger partial charge in [0, 0.05) is 19.6 Å². The van der Waals surface area contributed by atoms with Crippen LogP contribution >= 0.6 is 0 Å². The Hall–Kier alpha value is -0.260. The van der Waals surface area contributed by atoms with Gasteiger partial charge in [-0.15, -0.1) is 0 Å². The van der Waals surface area contributed by atoms with Crippen LogP contribution in [0.15, 0.2) is 0 Å². The molecular weight excluding hydrogens is 206 g/mol. The van der Waals surface area contributed by atoms with Gasteiger partial charge in [-0.1, -0.05) is 0 Å². The highest BCUT2D eigenvalue weighted by Crippen LogP contribution is 2.35. The molecule has 0 aromatic heterocycles. The molecule has 15 heavy (non-hydrogen) atoms. The van der Waals surface area contributed by atoms with E-state index in [9.17, 15) is 8.78 Å². The van der Waals surface area contributed by atoms with Crippen molar-refractivity contribution < 1.29 is 23.4 Å².